The van der Waals surface area contributed by atoms with Crippen LogP contribution < -0.4 is 15.8 Å². The highest BCUT2D eigenvalue weighted by Gasteiger charge is 2.19. The number of hydrogen-bond donors (Lipinski definition) is 2. The summed E-state index contributed by atoms with van der Waals surface area (Å²) in [6.45, 7) is 1.09. The maximum Gasteiger partial charge on any atom is 0.269 e. The average Bonchev–Trinajstić information content (AvgIpc) is 3.14. The largest absolute Gasteiger partial charge is 0.362 e. The number of nitrogens with one attached hydrogen (secondary N) is 2. The van der Waals surface area contributed by atoms with Crippen molar-refractivity contribution >= 4 is 17.5 Å². The van der Waals surface area contributed by atoms with Gasteiger partial charge in [-0.15, -0.1) is 0 Å². The fourth-order valence-corrected chi connectivity index (χ4v) is 3.90. The van der Waals surface area contributed by atoms with E-state index in [9.17, 15) is 9.59 Å². The van der Waals surface area contributed by atoms with Crippen LogP contribution in [0, 0.1) is 0 Å². The van der Waals surface area contributed by atoms with Gasteiger partial charge in [-0.1, -0.05) is 24.3 Å². The molecule has 134 valence electrons. The van der Waals surface area contributed by atoms with Crippen molar-refractivity contribution in [2.24, 2.45) is 0 Å². The van der Waals surface area contributed by atoms with Gasteiger partial charge < -0.3 is 4.90 Å². The van der Waals surface area contributed by atoms with Crippen molar-refractivity contribution in [2.75, 3.05) is 18.0 Å². The third kappa shape index (κ3) is 3.43. The molecule has 2 aromatic carbocycles. The number of aryl methyl sites for hydroxylation is 3. The molecule has 2 aromatic rings. The highest BCUT2D eigenvalue weighted by molar-refractivity contribution is 5.96. The van der Waals surface area contributed by atoms with Crippen LogP contribution in [0.15, 0.2) is 42.5 Å². The predicted octanol–water partition coefficient (Wildman–Crippen LogP) is 2.39. The molecule has 5 nitrogen and oxygen atoms in total. The molecule has 4 rings (SSSR count). The average molecular weight is 349 g/mol. The molecule has 0 saturated heterocycles. The summed E-state index contributed by atoms with van der Waals surface area (Å²) >= 11 is 0. The van der Waals surface area contributed by atoms with E-state index in [1.807, 2.05) is 36.4 Å². The number of anilines is 1. The van der Waals surface area contributed by atoms with E-state index in [0.717, 1.165) is 44.3 Å². The Labute approximate surface area is 153 Å². The molecule has 2 N–H and O–H groups in total. The number of carbonyl (C=O) groups excluding carboxylic acids is 2. The number of fused-ring (bicyclic) bond motifs is 2. The monoisotopic (exact) mass is 349 g/mol. The Morgan fingerprint density at radius 3 is 2.62 bits per heavy atom. The number of para-hydroxylation sites is 1. The zero-order valence-corrected chi connectivity index (χ0v) is 14.8. The van der Waals surface area contributed by atoms with Crippen LogP contribution in [0.25, 0.3) is 0 Å². The van der Waals surface area contributed by atoms with Crippen molar-refractivity contribution in [3.05, 3.63) is 64.7 Å². The Hall–Kier alpha value is -2.82. The Balaban J connectivity index is 1.34. The number of carbonyl (C=O) groups is 2. The highest BCUT2D eigenvalue weighted by atomic mass is 16.2. The van der Waals surface area contributed by atoms with E-state index < -0.39 is 0 Å². The molecule has 0 fully saturated rings. The summed E-state index contributed by atoms with van der Waals surface area (Å²) < 4.78 is 0. The molecule has 0 radical (unpaired) electrons. The first kappa shape index (κ1) is 16.6. The molecule has 2 aliphatic rings. The van der Waals surface area contributed by atoms with Gasteiger partial charge in [-0.2, -0.15) is 0 Å². The van der Waals surface area contributed by atoms with E-state index >= 15 is 0 Å². The van der Waals surface area contributed by atoms with E-state index in [0.29, 0.717) is 5.56 Å². The van der Waals surface area contributed by atoms with Crippen LogP contribution in [-0.4, -0.2) is 24.9 Å². The molecule has 1 aliphatic carbocycles. The van der Waals surface area contributed by atoms with Gasteiger partial charge in [0.1, 0.15) is 0 Å². The second-order valence-corrected chi connectivity index (χ2v) is 6.99. The molecule has 0 atom stereocenters. The van der Waals surface area contributed by atoms with E-state index in [1.54, 1.807) is 0 Å². The van der Waals surface area contributed by atoms with E-state index in [-0.39, 0.29) is 18.4 Å². The molecule has 0 saturated carbocycles. The Bertz CT molecular complexity index is 847. The number of benzene rings is 2. The number of nitrogens with zero attached hydrogens (tertiary/aromatic N) is 1. The maximum absolute atomic E-state index is 12.3. The van der Waals surface area contributed by atoms with Crippen LogP contribution in [0.5, 0.6) is 0 Å². The minimum absolute atomic E-state index is 0.212. The molecule has 0 unspecified atom stereocenters. The van der Waals surface area contributed by atoms with Crippen LogP contribution >= 0.6 is 0 Å². The standard InChI is InChI=1S/C21H23N3O2/c25-20(14-24-12-4-8-16-5-1-2-9-19(16)24)22-23-21(26)18-11-10-15-6-3-7-17(15)13-18/h1-2,5,9-11,13H,3-4,6-8,12,14H2,(H,22,25)(H,23,26). The van der Waals surface area contributed by atoms with E-state index in [1.165, 1.54) is 16.7 Å². The van der Waals surface area contributed by atoms with Gasteiger partial charge in [-0.3, -0.25) is 20.4 Å². The second kappa shape index (κ2) is 7.20. The summed E-state index contributed by atoms with van der Waals surface area (Å²) in [5.41, 5.74) is 10.6. The van der Waals surface area contributed by atoms with Crippen LogP contribution in [-0.2, 0) is 24.1 Å². The molecular weight excluding hydrogens is 326 g/mol. The first-order chi connectivity index (χ1) is 12.7. The van der Waals surface area contributed by atoms with Crippen molar-refractivity contribution in [1.82, 2.24) is 10.9 Å². The third-order valence-electron chi connectivity index (χ3n) is 5.22. The van der Waals surface area contributed by atoms with Gasteiger partial charge in [0, 0.05) is 17.8 Å². The summed E-state index contributed by atoms with van der Waals surface area (Å²) in [6.07, 6.45) is 5.34. The van der Waals surface area contributed by atoms with Crippen molar-refractivity contribution < 1.29 is 9.59 Å². The van der Waals surface area contributed by atoms with Crippen molar-refractivity contribution in [3.8, 4) is 0 Å². The van der Waals surface area contributed by atoms with Gasteiger partial charge >= 0.3 is 0 Å². The number of hydrazine groups is 1. The summed E-state index contributed by atoms with van der Waals surface area (Å²) in [5.74, 6) is -0.483. The highest BCUT2D eigenvalue weighted by Crippen LogP contribution is 2.26. The first-order valence-corrected chi connectivity index (χ1v) is 9.24. The number of amides is 2. The van der Waals surface area contributed by atoms with Gasteiger partial charge in [0.2, 0.25) is 0 Å². The summed E-state index contributed by atoms with van der Waals surface area (Å²) in [7, 11) is 0. The molecule has 5 heteroatoms. The Morgan fingerprint density at radius 2 is 1.69 bits per heavy atom. The van der Waals surface area contributed by atoms with E-state index in [2.05, 4.69) is 21.8 Å². The van der Waals surface area contributed by atoms with Crippen LogP contribution in [0.2, 0.25) is 0 Å². The van der Waals surface area contributed by atoms with Gasteiger partial charge in [0.25, 0.3) is 11.8 Å². The molecule has 2 amide bonds. The SMILES string of the molecule is O=C(CN1CCCc2ccccc21)NNC(=O)c1ccc2c(c1)CCC2. The Morgan fingerprint density at radius 1 is 0.885 bits per heavy atom. The quantitative estimate of drug-likeness (QED) is 0.837. The lowest BCUT2D eigenvalue weighted by molar-refractivity contribution is -0.120. The summed E-state index contributed by atoms with van der Waals surface area (Å²) in [4.78, 5) is 26.6. The fourth-order valence-electron chi connectivity index (χ4n) is 3.90. The zero-order chi connectivity index (χ0) is 17.9. The predicted molar refractivity (Wildman–Crippen MR) is 101 cm³/mol. The van der Waals surface area contributed by atoms with Crippen LogP contribution in [0.3, 0.4) is 0 Å². The third-order valence-corrected chi connectivity index (χ3v) is 5.22. The van der Waals surface area contributed by atoms with Gasteiger partial charge in [0.15, 0.2) is 0 Å². The first-order valence-electron chi connectivity index (χ1n) is 9.24. The fraction of sp³-hybridized carbons (Fsp3) is 0.333. The van der Waals surface area contributed by atoms with Crippen molar-refractivity contribution in [1.29, 1.82) is 0 Å². The number of hydrogen-bond acceptors (Lipinski definition) is 3. The normalized spacial score (nSPS) is 15.2. The topological polar surface area (TPSA) is 61.4 Å². The molecule has 26 heavy (non-hydrogen) atoms. The summed E-state index contributed by atoms with van der Waals surface area (Å²) in [5, 5.41) is 0. The van der Waals surface area contributed by atoms with Crippen LogP contribution in [0.4, 0.5) is 5.69 Å². The molecule has 0 bridgehead atoms. The second-order valence-electron chi connectivity index (χ2n) is 6.99. The van der Waals surface area contributed by atoms with E-state index in [4.69, 9.17) is 0 Å². The lowest BCUT2D eigenvalue weighted by atomic mass is 10.0. The molecular formula is C21H23N3O2. The number of rotatable bonds is 3. The lowest BCUT2D eigenvalue weighted by Gasteiger charge is -2.30. The van der Waals surface area contributed by atoms with Gasteiger partial charge in [0.05, 0.1) is 6.54 Å². The van der Waals surface area contributed by atoms with Crippen molar-refractivity contribution in [3.63, 3.8) is 0 Å². The molecule has 1 aliphatic heterocycles. The zero-order valence-electron chi connectivity index (χ0n) is 14.8. The van der Waals surface area contributed by atoms with Gasteiger partial charge in [-0.05, 0) is 67.0 Å². The molecule has 0 aromatic heterocycles. The lowest BCUT2D eigenvalue weighted by Crippen LogP contribution is -2.47. The maximum atomic E-state index is 12.3. The summed E-state index contributed by atoms with van der Waals surface area (Å²) in [6, 6.07) is 13.9. The van der Waals surface area contributed by atoms with Gasteiger partial charge in [-0.25, -0.2) is 0 Å². The molecule has 1 heterocycles. The minimum Gasteiger partial charge on any atom is -0.362 e. The molecule has 0 spiro atoms. The smallest absolute Gasteiger partial charge is 0.269 e. The van der Waals surface area contributed by atoms with Crippen molar-refractivity contribution in [2.45, 2.75) is 32.1 Å². The Kier molecular flexibility index (Phi) is 4.61. The minimum atomic E-state index is -0.271. The van der Waals surface area contributed by atoms with Crippen LogP contribution in [0.1, 0.15) is 39.9 Å².